The van der Waals surface area contributed by atoms with Crippen LogP contribution in [0, 0.1) is 10.1 Å². The SMILES string of the molecule is O=C(Cl)/C=C/c1ccc(Br)c([N+](=O)[O-])c1. The highest BCUT2D eigenvalue weighted by atomic mass is 79.9. The smallest absolute Gasteiger partial charge is 0.276 e. The molecule has 0 aromatic heterocycles. The highest BCUT2D eigenvalue weighted by Gasteiger charge is 2.10. The van der Waals surface area contributed by atoms with Crippen molar-refractivity contribution in [3.63, 3.8) is 0 Å². The van der Waals surface area contributed by atoms with Crippen molar-refractivity contribution in [3.8, 4) is 0 Å². The number of nitrogens with zero attached hydrogens (tertiary/aromatic N) is 1. The highest BCUT2D eigenvalue weighted by Crippen LogP contribution is 2.26. The monoisotopic (exact) mass is 289 g/mol. The van der Waals surface area contributed by atoms with Crippen molar-refractivity contribution in [2.75, 3.05) is 0 Å². The van der Waals surface area contributed by atoms with E-state index in [9.17, 15) is 14.9 Å². The maximum Gasteiger partial charge on any atom is 0.284 e. The van der Waals surface area contributed by atoms with Gasteiger partial charge in [-0.1, -0.05) is 6.07 Å². The van der Waals surface area contributed by atoms with Gasteiger partial charge in [0.15, 0.2) is 0 Å². The number of halogens is 2. The molecule has 1 rings (SSSR count). The third-order valence-electron chi connectivity index (χ3n) is 1.57. The molecule has 15 heavy (non-hydrogen) atoms. The van der Waals surface area contributed by atoms with E-state index in [1.165, 1.54) is 18.2 Å². The van der Waals surface area contributed by atoms with E-state index in [4.69, 9.17) is 11.6 Å². The van der Waals surface area contributed by atoms with Crippen LogP contribution in [0.1, 0.15) is 5.56 Å². The van der Waals surface area contributed by atoms with Crippen LogP contribution < -0.4 is 0 Å². The lowest BCUT2D eigenvalue weighted by molar-refractivity contribution is -0.385. The number of nitro groups is 1. The number of hydrogen-bond acceptors (Lipinski definition) is 3. The van der Waals surface area contributed by atoms with Crippen molar-refractivity contribution in [1.82, 2.24) is 0 Å². The van der Waals surface area contributed by atoms with Crippen LogP contribution in [0.5, 0.6) is 0 Å². The van der Waals surface area contributed by atoms with Crippen LogP contribution in [0.2, 0.25) is 0 Å². The number of allylic oxidation sites excluding steroid dienone is 1. The van der Waals surface area contributed by atoms with Crippen LogP contribution in [0.25, 0.3) is 6.08 Å². The second-order valence-corrected chi connectivity index (χ2v) is 3.83. The predicted molar refractivity (Wildman–Crippen MR) is 60.7 cm³/mol. The Balaban J connectivity index is 3.08. The first-order chi connectivity index (χ1) is 7.00. The normalized spacial score (nSPS) is 10.5. The molecule has 0 amide bonds. The van der Waals surface area contributed by atoms with Crippen LogP contribution in [-0.2, 0) is 4.79 Å². The molecule has 78 valence electrons. The number of carbonyl (C=O) groups is 1. The molecule has 0 fully saturated rings. The minimum Gasteiger partial charge on any atom is -0.276 e. The van der Waals surface area contributed by atoms with Crippen molar-refractivity contribution >= 4 is 44.5 Å². The Kier molecular flexibility index (Phi) is 3.99. The summed E-state index contributed by atoms with van der Waals surface area (Å²) in [6.45, 7) is 0. The molecule has 0 N–H and O–H groups in total. The lowest BCUT2D eigenvalue weighted by Crippen LogP contribution is -1.89. The zero-order valence-corrected chi connectivity index (χ0v) is 9.66. The van der Waals surface area contributed by atoms with E-state index >= 15 is 0 Å². The first-order valence-electron chi connectivity index (χ1n) is 3.82. The van der Waals surface area contributed by atoms with Gasteiger partial charge in [-0.3, -0.25) is 14.9 Å². The second kappa shape index (κ2) is 5.04. The largest absolute Gasteiger partial charge is 0.284 e. The molecule has 0 atom stereocenters. The zero-order valence-electron chi connectivity index (χ0n) is 7.31. The first kappa shape index (κ1) is 11.9. The van der Waals surface area contributed by atoms with E-state index in [1.54, 1.807) is 6.07 Å². The van der Waals surface area contributed by atoms with Gasteiger partial charge in [0.05, 0.1) is 9.40 Å². The minimum atomic E-state index is -0.624. The summed E-state index contributed by atoms with van der Waals surface area (Å²) in [4.78, 5) is 20.5. The Labute approximate surface area is 98.8 Å². The molecule has 0 heterocycles. The minimum absolute atomic E-state index is 0.0563. The average molecular weight is 290 g/mol. The second-order valence-electron chi connectivity index (χ2n) is 2.61. The number of rotatable bonds is 3. The Morgan fingerprint density at radius 3 is 2.73 bits per heavy atom. The van der Waals surface area contributed by atoms with E-state index < -0.39 is 10.2 Å². The summed E-state index contributed by atoms with van der Waals surface area (Å²) in [5.41, 5.74) is 0.484. The summed E-state index contributed by atoms with van der Waals surface area (Å²) in [6.07, 6.45) is 2.54. The Hall–Kier alpha value is -1.20. The van der Waals surface area contributed by atoms with E-state index in [0.29, 0.717) is 10.0 Å². The first-order valence-corrected chi connectivity index (χ1v) is 4.99. The molecule has 0 aliphatic carbocycles. The van der Waals surface area contributed by atoms with Crippen molar-refractivity contribution in [1.29, 1.82) is 0 Å². The summed E-state index contributed by atoms with van der Waals surface area (Å²) in [6, 6.07) is 4.52. The van der Waals surface area contributed by atoms with Crippen molar-refractivity contribution in [3.05, 3.63) is 44.4 Å². The average Bonchev–Trinajstić information content (AvgIpc) is 2.16. The Morgan fingerprint density at radius 1 is 1.53 bits per heavy atom. The van der Waals surface area contributed by atoms with Gasteiger partial charge in [-0.2, -0.15) is 0 Å². The van der Waals surface area contributed by atoms with E-state index in [1.807, 2.05) is 0 Å². The molecular formula is C9H5BrClNO3. The molecule has 1 aromatic carbocycles. The lowest BCUT2D eigenvalue weighted by atomic mass is 10.2. The Bertz CT molecular complexity index is 445. The highest BCUT2D eigenvalue weighted by molar-refractivity contribution is 9.10. The number of benzene rings is 1. The van der Waals surface area contributed by atoms with E-state index in [0.717, 1.165) is 6.08 Å². The fourth-order valence-electron chi connectivity index (χ4n) is 0.935. The molecule has 0 bridgehead atoms. The quantitative estimate of drug-likeness (QED) is 0.372. The molecule has 0 saturated carbocycles. The molecule has 0 saturated heterocycles. The number of nitro benzene ring substituents is 1. The molecule has 1 aromatic rings. The van der Waals surface area contributed by atoms with Crippen LogP contribution >= 0.6 is 27.5 Å². The van der Waals surface area contributed by atoms with Crippen LogP contribution in [0.4, 0.5) is 5.69 Å². The molecule has 0 aliphatic rings. The molecule has 0 unspecified atom stereocenters. The summed E-state index contributed by atoms with van der Waals surface area (Å²) in [5, 5.41) is 9.95. The van der Waals surface area contributed by atoms with Crippen LogP contribution in [-0.4, -0.2) is 10.2 Å². The molecule has 4 nitrogen and oxygen atoms in total. The van der Waals surface area contributed by atoms with Crippen molar-refractivity contribution in [2.45, 2.75) is 0 Å². The van der Waals surface area contributed by atoms with Gasteiger partial charge in [0.1, 0.15) is 0 Å². The fourth-order valence-corrected chi connectivity index (χ4v) is 1.39. The third-order valence-corrected chi connectivity index (χ3v) is 2.37. The summed E-state index contributed by atoms with van der Waals surface area (Å²) >= 11 is 8.14. The van der Waals surface area contributed by atoms with Crippen LogP contribution in [0.3, 0.4) is 0 Å². The molecular weight excluding hydrogens is 285 g/mol. The van der Waals surface area contributed by atoms with Gasteiger partial charge < -0.3 is 0 Å². The van der Waals surface area contributed by atoms with Crippen LogP contribution in [0.15, 0.2) is 28.7 Å². The molecule has 0 spiro atoms. The third kappa shape index (κ3) is 3.45. The van der Waals surface area contributed by atoms with Gasteiger partial charge in [0.2, 0.25) is 5.24 Å². The fraction of sp³-hybridized carbons (Fsp3) is 0. The van der Waals surface area contributed by atoms with Gasteiger partial charge in [0.25, 0.3) is 5.69 Å². The topological polar surface area (TPSA) is 60.2 Å². The van der Waals surface area contributed by atoms with E-state index in [-0.39, 0.29) is 5.69 Å². The lowest BCUT2D eigenvalue weighted by Gasteiger charge is -1.96. The predicted octanol–water partition coefficient (Wildman–Crippen LogP) is 3.14. The molecule has 6 heteroatoms. The molecule has 0 aliphatic heterocycles. The summed E-state index contributed by atoms with van der Waals surface area (Å²) < 4.78 is 0.391. The number of hydrogen-bond donors (Lipinski definition) is 0. The van der Waals surface area contributed by atoms with Gasteiger partial charge in [-0.05, 0) is 51.3 Å². The Morgan fingerprint density at radius 2 is 2.20 bits per heavy atom. The standard InChI is InChI=1S/C9H5BrClNO3/c10-7-3-1-6(2-4-9(11)13)5-8(7)12(14)15/h1-5H/b4-2+. The van der Waals surface area contributed by atoms with Gasteiger partial charge in [0, 0.05) is 6.07 Å². The zero-order chi connectivity index (χ0) is 11.4. The summed E-state index contributed by atoms with van der Waals surface area (Å²) in [5.74, 6) is 0. The van der Waals surface area contributed by atoms with Crippen molar-refractivity contribution in [2.24, 2.45) is 0 Å². The maximum atomic E-state index is 10.6. The number of carbonyl (C=O) groups excluding carboxylic acids is 1. The van der Waals surface area contributed by atoms with Crippen molar-refractivity contribution < 1.29 is 9.72 Å². The van der Waals surface area contributed by atoms with Gasteiger partial charge in [-0.25, -0.2) is 0 Å². The summed E-state index contributed by atoms with van der Waals surface area (Å²) in [7, 11) is 0. The maximum absolute atomic E-state index is 10.6. The van der Waals surface area contributed by atoms with E-state index in [2.05, 4.69) is 15.9 Å². The molecule has 0 radical (unpaired) electrons. The van der Waals surface area contributed by atoms with Gasteiger partial charge >= 0.3 is 0 Å². The van der Waals surface area contributed by atoms with Gasteiger partial charge in [-0.15, -0.1) is 0 Å².